The van der Waals surface area contributed by atoms with Crippen LogP contribution in [0.3, 0.4) is 0 Å². The molecule has 0 bridgehead atoms. The molecule has 0 aliphatic rings. The number of carbonyl (C=O) groups excluding carboxylic acids is 2. The number of benzene rings is 2. The lowest BCUT2D eigenvalue weighted by Gasteiger charge is -2.32. The van der Waals surface area contributed by atoms with Crippen molar-refractivity contribution in [1.82, 2.24) is 0 Å². The smallest absolute Gasteiger partial charge is 0.323 e. The maximum absolute atomic E-state index is 13.0. The molecule has 0 aliphatic carbocycles. The van der Waals surface area contributed by atoms with Gasteiger partial charge in [-0.1, -0.05) is 60.7 Å². The molecule has 0 spiro atoms. The molecule has 2 rings (SSSR count). The summed E-state index contributed by atoms with van der Waals surface area (Å²) in [5.74, 6) is -3.29. The molecule has 6 heteroatoms. The van der Waals surface area contributed by atoms with E-state index >= 15 is 0 Å². The monoisotopic (exact) mass is 442 g/mol. The minimum atomic E-state index is -1.57. The highest BCUT2D eigenvalue weighted by atomic mass is 16.6. The second-order valence-corrected chi connectivity index (χ2v) is 9.66. The molecule has 2 aromatic rings. The topological polar surface area (TPSA) is 82.1 Å². The van der Waals surface area contributed by atoms with Crippen molar-refractivity contribution in [3.63, 3.8) is 0 Å². The van der Waals surface area contributed by atoms with E-state index in [9.17, 15) is 14.7 Å². The Morgan fingerprint density at radius 3 is 1.66 bits per heavy atom. The molecule has 0 saturated heterocycles. The van der Waals surface area contributed by atoms with Gasteiger partial charge in [-0.05, 0) is 52.7 Å². The first-order valence-corrected chi connectivity index (χ1v) is 10.7. The summed E-state index contributed by atoms with van der Waals surface area (Å²) in [6, 6.07) is 18.5. The molecule has 0 saturated carbocycles. The second-order valence-electron chi connectivity index (χ2n) is 9.66. The average Bonchev–Trinajstić information content (AvgIpc) is 2.67. The van der Waals surface area contributed by atoms with E-state index in [0.717, 1.165) is 5.56 Å². The van der Waals surface area contributed by atoms with Crippen LogP contribution in [0, 0.1) is 5.92 Å². The Morgan fingerprint density at radius 2 is 1.22 bits per heavy atom. The number of rotatable bonds is 8. The van der Waals surface area contributed by atoms with Crippen LogP contribution in [-0.4, -0.2) is 34.4 Å². The van der Waals surface area contributed by atoms with Crippen LogP contribution in [0.15, 0.2) is 60.7 Å². The number of ether oxygens (including phenoxy) is 3. The van der Waals surface area contributed by atoms with Gasteiger partial charge in [0.1, 0.15) is 23.4 Å². The third kappa shape index (κ3) is 8.09. The van der Waals surface area contributed by atoms with Crippen molar-refractivity contribution in [2.75, 3.05) is 0 Å². The van der Waals surface area contributed by atoms with Crippen molar-refractivity contribution < 1.29 is 28.9 Å². The Balaban J connectivity index is 2.38. The summed E-state index contributed by atoms with van der Waals surface area (Å²) in [7, 11) is 0. The van der Waals surface area contributed by atoms with Crippen molar-refractivity contribution >= 4 is 11.9 Å². The lowest BCUT2D eigenvalue weighted by atomic mass is 9.92. The predicted octanol–water partition coefficient (Wildman–Crippen LogP) is 4.61. The fourth-order valence-corrected chi connectivity index (χ4v) is 3.08. The molecule has 32 heavy (non-hydrogen) atoms. The molecular formula is C26H34O6. The molecule has 174 valence electrons. The molecule has 0 amide bonds. The van der Waals surface area contributed by atoms with Crippen LogP contribution in [0.4, 0.5) is 0 Å². The van der Waals surface area contributed by atoms with Crippen LogP contribution in [-0.2, 0) is 30.4 Å². The van der Waals surface area contributed by atoms with Crippen LogP contribution >= 0.6 is 0 Å². The number of hydrogen-bond acceptors (Lipinski definition) is 6. The van der Waals surface area contributed by atoms with Gasteiger partial charge in [0.25, 0.3) is 0 Å². The molecule has 0 heterocycles. The van der Waals surface area contributed by atoms with E-state index in [4.69, 9.17) is 14.2 Å². The summed E-state index contributed by atoms with van der Waals surface area (Å²) < 4.78 is 17.0. The Hall–Kier alpha value is -2.70. The fraction of sp³-hybridized carbons (Fsp3) is 0.462. The first kappa shape index (κ1) is 25.6. The molecule has 0 fully saturated rings. The summed E-state index contributed by atoms with van der Waals surface area (Å²) >= 11 is 0. The Morgan fingerprint density at radius 1 is 0.781 bits per heavy atom. The minimum Gasteiger partial charge on any atom is -0.459 e. The highest BCUT2D eigenvalue weighted by molar-refractivity contribution is 5.96. The van der Waals surface area contributed by atoms with Gasteiger partial charge < -0.3 is 19.3 Å². The van der Waals surface area contributed by atoms with Gasteiger partial charge in [-0.3, -0.25) is 9.59 Å². The standard InChI is InChI=1S/C26H34O6/c1-25(2,3)31-23(28)20(24(29)32-26(4,5)6)21(27)22(19-15-11-8-12-16-19)30-17-18-13-9-7-10-14-18/h7-16,20-22,27H,17H2,1-6H3/t21-,22+/m1/s1. The maximum Gasteiger partial charge on any atom is 0.323 e. The van der Waals surface area contributed by atoms with Crippen LogP contribution in [0.2, 0.25) is 0 Å². The number of hydrogen-bond donors (Lipinski definition) is 1. The van der Waals surface area contributed by atoms with Crippen molar-refractivity contribution in [3.05, 3.63) is 71.8 Å². The summed E-state index contributed by atoms with van der Waals surface area (Å²) in [4.78, 5) is 26.0. The molecule has 0 unspecified atom stereocenters. The van der Waals surface area contributed by atoms with E-state index in [1.165, 1.54) is 0 Å². The third-order valence-electron chi connectivity index (χ3n) is 4.37. The van der Waals surface area contributed by atoms with Crippen LogP contribution in [0.5, 0.6) is 0 Å². The normalized spacial score (nSPS) is 14.0. The van der Waals surface area contributed by atoms with Gasteiger partial charge >= 0.3 is 11.9 Å². The lowest BCUT2D eigenvalue weighted by Crippen LogP contribution is -2.45. The summed E-state index contributed by atoms with van der Waals surface area (Å²) in [6.07, 6.45) is -2.48. The number of carbonyl (C=O) groups is 2. The second kappa shape index (κ2) is 10.7. The highest BCUT2D eigenvalue weighted by Crippen LogP contribution is 2.30. The SMILES string of the molecule is CC(C)(C)OC(=O)C(C(=O)OC(C)(C)C)[C@@H](O)[C@@H](OCc1ccccc1)c1ccccc1. The molecule has 2 aromatic carbocycles. The summed E-state index contributed by atoms with van der Waals surface area (Å²) in [5, 5.41) is 11.3. The van der Waals surface area contributed by atoms with Crippen molar-refractivity contribution in [2.24, 2.45) is 5.92 Å². The fourth-order valence-electron chi connectivity index (χ4n) is 3.08. The molecule has 6 nitrogen and oxygen atoms in total. The van der Waals surface area contributed by atoms with Gasteiger partial charge in [0.15, 0.2) is 5.92 Å². The van der Waals surface area contributed by atoms with Gasteiger partial charge in [-0.2, -0.15) is 0 Å². The molecule has 1 N–H and O–H groups in total. The minimum absolute atomic E-state index is 0.187. The van der Waals surface area contributed by atoms with E-state index in [2.05, 4.69) is 0 Å². The Labute approximate surface area is 190 Å². The highest BCUT2D eigenvalue weighted by Gasteiger charge is 2.44. The van der Waals surface area contributed by atoms with Crippen LogP contribution in [0.25, 0.3) is 0 Å². The number of aliphatic hydroxyl groups excluding tert-OH is 1. The number of esters is 2. The average molecular weight is 443 g/mol. The Kier molecular flexibility index (Phi) is 8.58. The largest absolute Gasteiger partial charge is 0.459 e. The van der Waals surface area contributed by atoms with Gasteiger partial charge in [0, 0.05) is 0 Å². The quantitative estimate of drug-likeness (QED) is 0.475. The first-order chi connectivity index (χ1) is 14.9. The van der Waals surface area contributed by atoms with E-state index in [1.54, 1.807) is 65.8 Å². The van der Waals surface area contributed by atoms with Gasteiger partial charge in [-0.15, -0.1) is 0 Å². The molecule has 0 radical (unpaired) electrons. The summed E-state index contributed by atoms with van der Waals surface area (Å²) in [6.45, 7) is 10.4. The van der Waals surface area contributed by atoms with Crippen molar-refractivity contribution in [2.45, 2.75) is 71.6 Å². The van der Waals surface area contributed by atoms with E-state index in [1.807, 2.05) is 36.4 Å². The van der Waals surface area contributed by atoms with Gasteiger partial charge in [0.2, 0.25) is 0 Å². The van der Waals surface area contributed by atoms with E-state index < -0.39 is 41.3 Å². The molecule has 0 aromatic heterocycles. The maximum atomic E-state index is 13.0. The van der Waals surface area contributed by atoms with Gasteiger partial charge in [-0.25, -0.2) is 0 Å². The molecule has 0 aliphatic heterocycles. The third-order valence-corrected chi connectivity index (χ3v) is 4.37. The molecular weight excluding hydrogens is 408 g/mol. The zero-order valence-electron chi connectivity index (χ0n) is 19.7. The number of aliphatic hydroxyl groups is 1. The zero-order chi connectivity index (χ0) is 23.9. The van der Waals surface area contributed by atoms with Gasteiger partial charge in [0.05, 0.1) is 6.61 Å². The first-order valence-electron chi connectivity index (χ1n) is 10.7. The van der Waals surface area contributed by atoms with Crippen LogP contribution in [0.1, 0.15) is 58.8 Å². The summed E-state index contributed by atoms with van der Waals surface area (Å²) in [5.41, 5.74) is -0.159. The van der Waals surface area contributed by atoms with E-state index in [0.29, 0.717) is 5.56 Å². The predicted molar refractivity (Wildman–Crippen MR) is 122 cm³/mol. The molecule has 2 atom stereocenters. The van der Waals surface area contributed by atoms with Crippen LogP contribution < -0.4 is 0 Å². The Bertz CT molecular complexity index is 837. The van der Waals surface area contributed by atoms with E-state index in [-0.39, 0.29) is 6.61 Å². The zero-order valence-corrected chi connectivity index (χ0v) is 19.7. The van der Waals surface area contributed by atoms with Crippen molar-refractivity contribution in [1.29, 1.82) is 0 Å². The lowest BCUT2D eigenvalue weighted by molar-refractivity contribution is -0.185. The van der Waals surface area contributed by atoms with Crippen molar-refractivity contribution in [3.8, 4) is 0 Å².